The molecule has 0 fully saturated rings. The van der Waals surface area contributed by atoms with Gasteiger partial charge in [-0.15, -0.1) is 11.8 Å². The van der Waals surface area contributed by atoms with E-state index in [1.807, 2.05) is 30.3 Å². The Morgan fingerprint density at radius 2 is 1.94 bits per heavy atom. The highest BCUT2D eigenvalue weighted by atomic mass is 35.5. The zero-order valence-electron chi connectivity index (χ0n) is 10.2. The Bertz CT molecular complexity index is 502. The maximum atomic E-state index is 6.16. The number of hydrogen-bond donors (Lipinski definition) is 1. The molecule has 1 aromatic heterocycles. The number of benzene rings is 1. The van der Waals surface area contributed by atoms with Gasteiger partial charge in [0.05, 0.1) is 10.7 Å². The summed E-state index contributed by atoms with van der Waals surface area (Å²) in [6.07, 6.45) is 0. The van der Waals surface area contributed by atoms with E-state index in [4.69, 9.17) is 11.6 Å². The van der Waals surface area contributed by atoms with Crippen LogP contribution in [0.3, 0.4) is 0 Å². The van der Waals surface area contributed by atoms with Gasteiger partial charge in [0.25, 0.3) is 0 Å². The summed E-state index contributed by atoms with van der Waals surface area (Å²) in [6.45, 7) is 2.91. The Balaban J connectivity index is 2.06. The molecule has 0 unspecified atom stereocenters. The SMILES string of the molecule is CCNc1ccc(Cl)c(CSc2ccccc2)n1. The quantitative estimate of drug-likeness (QED) is 0.818. The number of nitrogens with zero attached hydrogens (tertiary/aromatic N) is 1. The monoisotopic (exact) mass is 278 g/mol. The molecule has 1 aromatic carbocycles. The van der Waals surface area contributed by atoms with Crippen LogP contribution in [0.5, 0.6) is 0 Å². The predicted octanol–water partition coefficient (Wildman–Crippen LogP) is 4.46. The van der Waals surface area contributed by atoms with Crippen LogP contribution < -0.4 is 5.32 Å². The molecule has 94 valence electrons. The van der Waals surface area contributed by atoms with Crippen LogP contribution in [-0.2, 0) is 5.75 Å². The molecular formula is C14H15ClN2S. The molecule has 18 heavy (non-hydrogen) atoms. The Hall–Kier alpha value is -1.19. The van der Waals surface area contributed by atoms with Crippen LogP contribution in [0.4, 0.5) is 5.82 Å². The zero-order valence-corrected chi connectivity index (χ0v) is 11.8. The van der Waals surface area contributed by atoms with E-state index in [1.54, 1.807) is 11.8 Å². The minimum absolute atomic E-state index is 0.722. The largest absolute Gasteiger partial charge is 0.370 e. The molecule has 2 aromatic rings. The third-order valence-electron chi connectivity index (χ3n) is 2.40. The van der Waals surface area contributed by atoms with Crippen LogP contribution >= 0.6 is 23.4 Å². The Kier molecular flexibility index (Phi) is 4.90. The van der Waals surface area contributed by atoms with E-state index >= 15 is 0 Å². The number of hydrogen-bond acceptors (Lipinski definition) is 3. The highest BCUT2D eigenvalue weighted by Gasteiger charge is 2.04. The Morgan fingerprint density at radius 1 is 1.17 bits per heavy atom. The average Bonchev–Trinajstić information content (AvgIpc) is 2.41. The molecule has 0 radical (unpaired) electrons. The van der Waals surface area contributed by atoms with E-state index in [-0.39, 0.29) is 0 Å². The fourth-order valence-electron chi connectivity index (χ4n) is 1.53. The lowest BCUT2D eigenvalue weighted by Gasteiger charge is -2.07. The van der Waals surface area contributed by atoms with Crippen LogP contribution in [0.25, 0.3) is 0 Å². The van der Waals surface area contributed by atoms with Crippen molar-refractivity contribution in [2.24, 2.45) is 0 Å². The number of aromatic nitrogens is 1. The van der Waals surface area contributed by atoms with Gasteiger partial charge in [-0.25, -0.2) is 4.98 Å². The van der Waals surface area contributed by atoms with Crippen molar-refractivity contribution in [2.45, 2.75) is 17.6 Å². The van der Waals surface area contributed by atoms with Gasteiger partial charge in [0.2, 0.25) is 0 Å². The van der Waals surface area contributed by atoms with Gasteiger partial charge < -0.3 is 5.32 Å². The minimum atomic E-state index is 0.722. The second-order valence-corrected chi connectivity index (χ2v) is 5.21. The van der Waals surface area contributed by atoms with Crippen LogP contribution in [0.1, 0.15) is 12.6 Å². The highest BCUT2D eigenvalue weighted by Crippen LogP contribution is 2.26. The van der Waals surface area contributed by atoms with E-state index in [9.17, 15) is 0 Å². The molecule has 0 aliphatic heterocycles. The van der Waals surface area contributed by atoms with Gasteiger partial charge in [-0.1, -0.05) is 29.8 Å². The maximum absolute atomic E-state index is 6.16. The molecule has 1 heterocycles. The smallest absolute Gasteiger partial charge is 0.126 e. The molecule has 0 spiro atoms. The van der Waals surface area contributed by atoms with E-state index in [0.29, 0.717) is 0 Å². The lowest BCUT2D eigenvalue weighted by Crippen LogP contribution is -2.01. The molecule has 0 aliphatic rings. The minimum Gasteiger partial charge on any atom is -0.370 e. The maximum Gasteiger partial charge on any atom is 0.126 e. The second-order valence-electron chi connectivity index (χ2n) is 3.76. The summed E-state index contributed by atoms with van der Waals surface area (Å²) in [6, 6.07) is 14.1. The molecule has 0 saturated carbocycles. The van der Waals surface area contributed by atoms with Crippen molar-refractivity contribution in [3.05, 3.63) is 53.2 Å². The summed E-state index contributed by atoms with van der Waals surface area (Å²) in [7, 11) is 0. The fraction of sp³-hybridized carbons (Fsp3) is 0.214. The van der Waals surface area contributed by atoms with Crippen LogP contribution in [0.15, 0.2) is 47.4 Å². The number of nitrogens with one attached hydrogen (secondary N) is 1. The third-order valence-corrected chi connectivity index (χ3v) is 3.76. The lowest BCUT2D eigenvalue weighted by molar-refractivity contribution is 1.11. The van der Waals surface area contributed by atoms with Crippen LogP contribution in [0, 0.1) is 0 Å². The van der Waals surface area contributed by atoms with Crippen molar-refractivity contribution in [3.63, 3.8) is 0 Å². The standard InChI is InChI=1S/C14H15ClN2S/c1-2-16-14-9-8-12(15)13(17-14)10-18-11-6-4-3-5-7-11/h3-9H,2,10H2,1H3,(H,16,17). The fourth-order valence-corrected chi connectivity index (χ4v) is 2.66. The first-order chi connectivity index (χ1) is 8.79. The molecule has 4 heteroatoms. The summed E-state index contributed by atoms with van der Waals surface area (Å²) in [5.74, 6) is 1.66. The highest BCUT2D eigenvalue weighted by molar-refractivity contribution is 7.98. The topological polar surface area (TPSA) is 24.9 Å². The van der Waals surface area contributed by atoms with Crippen molar-refractivity contribution in [1.29, 1.82) is 0 Å². The van der Waals surface area contributed by atoms with Gasteiger partial charge in [-0.05, 0) is 31.2 Å². The first-order valence-electron chi connectivity index (χ1n) is 5.86. The van der Waals surface area contributed by atoms with Crippen LogP contribution in [0.2, 0.25) is 5.02 Å². The predicted molar refractivity (Wildman–Crippen MR) is 79.4 cm³/mol. The summed E-state index contributed by atoms with van der Waals surface area (Å²) in [4.78, 5) is 5.74. The Labute approximate surface area is 117 Å². The lowest BCUT2D eigenvalue weighted by atomic mass is 10.3. The van der Waals surface area contributed by atoms with Gasteiger partial charge in [0.15, 0.2) is 0 Å². The van der Waals surface area contributed by atoms with Crippen molar-refractivity contribution < 1.29 is 0 Å². The van der Waals surface area contributed by atoms with Gasteiger partial charge in [0.1, 0.15) is 5.82 Å². The third kappa shape index (κ3) is 3.65. The number of halogens is 1. The number of pyridine rings is 1. The first kappa shape index (κ1) is 13.2. The molecule has 0 amide bonds. The normalized spacial score (nSPS) is 10.3. The van der Waals surface area contributed by atoms with Crippen molar-refractivity contribution in [2.75, 3.05) is 11.9 Å². The van der Waals surface area contributed by atoms with Gasteiger partial charge in [-0.3, -0.25) is 0 Å². The molecule has 0 aliphatic carbocycles. The summed E-state index contributed by atoms with van der Waals surface area (Å²) < 4.78 is 0. The van der Waals surface area contributed by atoms with Crippen molar-refractivity contribution in [1.82, 2.24) is 4.98 Å². The van der Waals surface area contributed by atoms with Crippen LogP contribution in [-0.4, -0.2) is 11.5 Å². The summed E-state index contributed by atoms with van der Waals surface area (Å²) >= 11 is 7.90. The van der Waals surface area contributed by atoms with Crippen molar-refractivity contribution >= 4 is 29.2 Å². The van der Waals surface area contributed by atoms with Crippen molar-refractivity contribution in [3.8, 4) is 0 Å². The molecule has 0 atom stereocenters. The summed E-state index contributed by atoms with van der Waals surface area (Å²) in [5, 5.41) is 3.92. The average molecular weight is 279 g/mol. The van der Waals surface area contributed by atoms with E-state index in [0.717, 1.165) is 28.8 Å². The number of anilines is 1. The van der Waals surface area contributed by atoms with Gasteiger partial charge >= 0.3 is 0 Å². The van der Waals surface area contributed by atoms with Gasteiger partial charge in [0, 0.05) is 17.2 Å². The number of rotatable bonds is 5. The second kappa shape index (κ2) is 6.66. The molecule has 2 rings (SSSR count). The summed E-state index contributed by atoms with van der Waals surface area (Å²) in [5.41, 5.74) is 0.920. The van der Waals surface area contributed by atoms with Gasteiger partial charge in [-0.2, -0.15) is 0 Å². The molecule has 0 saturated heterocycles. The molecule has 0 bridgehead atoms. The zero-order chi connectivity index (χ0) is 12.8. The van der Waals surface area contributed by atoms with E-state index in [2.05, 4.69) is 29.4 Å². The number of thioether (sulfide) groups is 1. The first-order valence-corrected chi connectivity index (χ1v) is 7.23. The van der Waals surface area contributed by atoms with E-state index in [1.165, 1.54) is 4.90 Å². The Morgan fingerprint density at radius 3 is 2.67 bits per heavy atom. The molecule has 1 N–H and O–H groups in total. The van der Waals surface area contributed by atoms with E-state index < -0.39 is 0 Å². The molecular weight excluding hydrogens is 264 g/mol. The molecule has 2 nitrogen and oxygen atoms in total.